The molecular weight excluding hydrogens is 1860 g/mol. The van der Waals surface area contributed by atoms with Crippen LogP contribution >= 0.6 is 34.0 Å². The van der Waals surface area contributed by atoms with Crippen molar-refractivity contribution in [2.75, 3.05) is 0 Å². The summed E-state index contributed by atoms with van der Waals surface area (Å²) in [7, 11) is 0. The number of nitrogens with zero attached hydrogens (tertiary/aromatic N) is 9. The lowest BCUT2D eigenvalue weighted by molar-refractivity contribution is 0.670. The molecule has 12 heterocycles. The monoisotopic (exact) mass is 1930 g/mol. The smallest absolute Gasteiger partial charge is 0.235 e. The average Bonchev–Trinajstić information content (AvgIpc) is 1.56. The normalized spacial score (nSPS) is 12.1. The van der Waals surface area contributed by atoms with Crippen LogP contribution in [0.15, 0.2) is 468 Å². The van der Waals surface area contributed by atoms with Crippen LogP contribution in [0.3, 0.4) is 0 Å². The van der Waals surface area contributed by atoms with Crippen molar-refractivity contribution in [1.82, 2.24) is 43.6 Å². The van der Waals surface area contributed by atoms with Crippen LogP contribution in [0.5, 0.6) is 0 Å². The van der Waals surface area contributed by atoms with Crippen LogP contribution in [0.1, 0.15) is 0 Å². The van der Waals surface area contributed by atoms with Gasteiger partial charge in [-0.05, 0) is 131 Å². The second-order valence-corrected chi connectivity index (χ2v) is 40.8. The zero-order chi connectivity index (χ0) is 96.2. The van der Waals surface area contributed by atoms with Gasteiger partial charge in [0.15, 0.2) is 0 Å². The van der Waals surface area contributed by atoms with Crippen LogP contribution in [0.25, 0.3) is 309 Å². The van der Waals surface area contributed by atoms with Crippen molar-refractivity contribution in [2.24, 2.45) is 0 Å². The second-order valence-electron chi connectivity index (χ2n) is 37.6. The van der Waals surface area contributed by atoms with E-state index in [-0.39, 0.29) is 0 Å². The van der Waals surface area contributed by atoms with Gasteiger partial charge in [-0.2, -0.15) is 0 Å². The van der Waals surface area contributed by atoms with Gasteiger partial charge in [-0.25, -0.2) is 29.9 Å². The largest absolute Gasteiger partial charge is 0.455 e. The van der Waals surface area contributed by atoms with Crippen LogP contribution < -0.4 is 0 Å². The van der Waals surface area contributed by atoms with E-state index in [1.807, 2.05) is 101 Å². The Morgan fingerprint density at radius 1 is 0.170 bits per heavy atom. The van der Waals surface area contributed by atoms with Crippen LogP contribution in [0.4, 0.5) is 0 Å². The molecule has 33 aromatic rings. The van der Waals surface area contributed by atoms with Gasteiger partial charge in [-0.3, -0.25) is 13.7 Å². The number of hydrogen-bond donors (Lipinski definition) is 0. The minimum absolute atomic E-state index is 0.604. The molecule has 684 valence electrons. The summed E-state index contributed by atoms with van der Waals surface area (Å²) in [6, 6.07) is 160. The molecule has 0 fully saturated rings. The van der Waals surface area contributed by atoms with E-state index >= 15 is 0 Å². The molecule has 147 heavy (non-hydrogen) atoms. The number of benzene rings is 21. The number of hydrogen-bond acceptors (Lipinski definition) is 12. The Morgan fingerprint density at radius 3 is 0.850 bits per heavy atom. The number of thiophene rings is 3. The van der Waals surface area contributed by atoms with Crippen molar-refractivity contribution in [2.45, 2.75) is 0 Å². The van der Waals surface area contributed by atoms with E-state index in [1.54, 1.807) is 0 Å². The molecule has 0 aliphatic carbocycles. The van der Waals surface area contributed by atoms with E-state index < -0.39 is 0 Å². The Bertz CT molecular complexity index is 10400. The molecule has 0 radical (unpaired) electrons. The molecule has 21 aromatic carbocycles. The number of fused-ring (bicyclic) bond motifs is 33. The maximum atomic E-state index is 6.64. The standard InChI is InChI=1S/C44H25N3O2.C44H25N3OS.C44H25N3S2/c1-2-11-26(12-3-1)41-33-15-4-7-18-35(33)45-44(46-41)47-36-24-23-32-30-14-6-9-20-39(30)49-43(32)40(36)34-22-21-27(25-37(34)47)28-16-10-17-31-29-13-5-8-19-38(29)48-42(28)31;1-2-11-26(12-3-1)41-33-15-4-7-18-35(33)45-44(46-41)47-36-24-23-31-29-13-5-8-19-38(29)48-42(31)40(36)34-22-21-27(25-37(34)47)28-16-10-17-32-30-14-6-9-20-39(30)49-43(28)32;1-2-11-26(12-3-1)41-33-15-4-7-18-35(33)45-44(46-41)47-36-24-23-32-30-14-6-9-20-39(30)49-43(32)40(36)34-22-21-27(25-37(34)47)28-16-10-17-31-29-13-5-8-19-38(29)48-42(28)31/h3*1-25H. The molecule has 0 saturated heterocycles. The first-order chi connectivity index (χ1) is 72.9. The van der Waals surface area contributed by atoms with Crippen molar-refractivity contribution in [3.8, 4) is 85.0 Å². The zero-order valence-corrected chi connectivity index (χ0v) is 80.7. The number of rotatable bonds is 9. The molecule has 0 unspecified atom stereocenters. The lowest BCUT2D eigenvalue weighted by Crippen LogP contribution is -2.03. The van der Waals surface area contributed by atoms with Crippen molar-refractivity contribution in [3.63, 3.8) is 0 Å². The summed E-state index contributed by atoms with van der Waals surface area (Å²) < 4.78 is 34.3. The van der Waals surface area contributed by atoms with Gasteiger partial charge in [0.1, 0.15) is 33.5 Å². The van der Waals surface area contributed by atoms with Gasteiger partial charge in [0.05, 0.1) is 77.5 Å². The van der Waals surface area contributed by atoms with Gasteiger partial charge in [-0.1, -0.05) is 352 Å². The van der Waals surface area contributed by atoms with Gasteiger partial charge in [-0.15, -0.1) is 34.0 Å². The Labute approximate surface area is 848 Å². The van der Waals surface area contributed by atoms with E-state index in [1.165, 1.54) is 88.0 Å². The quantitative estimate of drug-likeness (QED) is 0.139. The summed E-state index contributed by atoms with van der Waals surface area (Å²) in [5.41, 5.74) is 27.0. The molecule has 0 atom stereocenters. The lowest BCUT2D eigenvalue weighted by atomic mass is 10.0. The SMILES string of the molecule is c1ccc(-c2nc(-n3c4cc(-c5cccc6c5oc5ccccc56)ccc4c4c5oc6ccccc6c5ccc43)nc3ccccc23)cc1.c1ccc(-c2nc(-n3c4cc(-c5cccc6c5sc5ccccc56)ccc4c4c5oc6ccccc6c5ccc43)nc3ccccc23)cc1.c1ccc(-c2nc(-n3c4cc(-c5cccc6c5sc5ccccc56)ccc4c4c5sc6ccccc6c5ccc43)nc3ccccc23)cc1. The highest BCUT2D eigenvalue weighted by atomic mass is 32.1. The van der Waals surface area contributed by atoms with Gasteiger partial charge >= 0.3 is 0 Å². The second kappa shape index (κ2) is 32.8. The van der Waals surface area contributed by atoms with Gasteiger partial charge in [0.25, 0.3) is 0 Å². The number of aromatic nitrogens is 9. The molecule has 0 bridgehead atoms. The summed E-state index contributed by atoms with van der Waals surface area (Å²) in [5.74, 6) is 1.91. The Hall–Kier alpha value is -18.9. The third kappa shape index (κ3) is 12.9. The Morgan fingerprint density at radius 2 is 0.449 bits per heavy atom. The number of para-hydroxylation sites is 7. The van der Waals surface area contributed by atoms with Crippen molar-refractivity contribution in [3.05, 3.63) is 455 Å². The average molecular weight is 1930 g/mol. The van der Waals surface area contributed by atoms with E-state index in [0.29, 0.717) is 17.8 Å². The lowest BCUT2D eigenvalue weighted by Gasteiger charge is -2.12. The van der Waals surface area contributed by atoms with E-state index in [0.717, 1.165) is 204 Å². The summed E-state index contributed by atoms with van der Waals surface area (Å²) in [6.07, 6.45) is 0. The Kier molecular flexibility index (Phi) is 18.5. The molecule has 33 rings (SSSR count). The molecule has 0 aliphatic rings. The summed E-state index contributed by atoms with van der Waals surface area (Å²) in [4.78, 5) is 31.7. The molecule has 0 amide bonds. The van der Waals surface area contributed by atoms with E-state index in [4.69, 9.17) is 43.2 Å². The predicted octanol–water partition coefficient (Wildman–Crippen LogP) is 37.0. The maximum Gasteiger partial charge on any atom is 0.235 e. The van der Waals surface area contributed by atoms with Crippen molar-refractivity contribution in [1.29, 1.82) is 0 Å². The summed E-state index contributed by atoms with van der Waals surface area (Å²) in [5, 5.41) is 24.2. The fraction of sp³-hybridized carbons (Fsp3) is 0. The van der Waals surface area contributed by atoms with E-state index in [2.05, 4.69) is 402 Å². The number of furan rings is 3. The molecule has 0 aliphatic heterocycles. The van der Waals surface area contributed by atoms with Crippen LogP contribution in [0, 0.1) is 0 Å². The first-order valence-electron chi connectivity index (χ1n) is 49.3. The highest BCUT2D eigenvalue weighted by Gasteiger charge is 2.29. The zero-order valence-electron chi connectivity index (χ0n) is 78.3. The molecule has 0 saturated carbocycles. The van der Waals surface area contributed by atoms with Gasteiger partial charge in [0, 0.05) is 153 Å². The predicted molar refractivity (Wildman–Crippen MR) is 615 cm³/mol. The maximum absolute atomic E-state index is 6.64. The summed E-state index contributed by atoms with van der Waals surface area (Å²) >= 11 is 5.59. The van der Waals surface area contributed by atoms with E-state index in [9.17, 15) is 0 Å². The minimum atomic E-state index is 0.604. The van der Waals surface area contributed by atoms with Gasteiger partial charge in [0.2, 0.25) is 17.8 Å². The fourth-order valence-corrected chi connectivity index (χ4v) is 26.6. The Balaban J connectivity index is 0.0000000999. The molecule has 0 N–H and O–H groups in total. The van der Waals surface area contributed by atoms with Gasteiger partial charge < -0.3 is 13.3 Å². The molecule has 12 aromatic heterocycles. The van der Waals surface area contributed by atoms with Crippen LogP contribution in [-0.2, 0) is 0 Å². The first kappa shape index (κ1) is 82.8. The summed E-state index contributed by atoms with van der Waals surface area (Å²) in [6.45, 7) is 0. The van der Waals surface area contributed by atoms with Crippen molar-refractivity contribution >= 4 is 258 Å². The molecule has 0 spiro atoms. The topological polar surface area (TPSA) is 132 Å². The fourth-order valence-electron chi connectivity index (χ4n) is 22.9. The highest BCUT2D eigenvalue weighted by Crippen LogP contribution is 2.52. The third-order valence-corrected chi connectivity index (χ3v) is 33.1. The highest BCUT2D eigenvalue weighted by molar-refractivity contribution is 7.27. The molecular formula is C132H75N9O3S3. The molecule has 15 heteroatoms. The first-order valence-corrected chi connectivity index (χ1v) is 51.7. The third-order valence-electron chi connectivity index (χ3n) is 29.5. The van der Waals surface area contributed by atoms with Crippen molar-refractivity contribution < 1.29 is 13.3 Å². The van der Waals surface area contributed by atoms with Crippen LogP contribution in [-0.4, -0.2) is 43.6 Å². The minimum Gasteiger partial charge on any atom is -0.455 e. The van der Waals surface area contributed by atoms with Crippen LogP contribution in [0.2, 0.25) is 0 Å². The molecule has 12 nitrogen and oxygen atoms in total.